The van der Waals surface area contributed by atoms with Crippen molar-refractivity contribution in [2.75, 3.05) is 26.2 Å². The Morgan fingerprint density at radius 1 is 1.28 bits per heavy atom. The van der Waals surface area contributed by atoms with E-state index in [1.54, 1.807) is 21.6 Å². The van der Waals surface area contributed by atoms with Crippen LogP contribution in [0.15, 0.2) is 34.2 Å². The number of amides is 1. The summed E-state index contributed by atoms with van der Waals surface area (Å²) in [5.74, 6) is 0.758. The largest absolute Gasteiger partial charge is 0.444 e. The number of likely N-dealkylation sites (tertiary alicyclic amines) is 1. The lowest BCUT2D eigenvalue weighted by Crippen LogP contribution is -2.63. The zero-order chi connectivity index (χ0) is 20.6. The molecule has 1 aliphatic rings. The normalized spacial score (nSPS) is 14.6. The van der Waals surface area contributed by atoms with Gasteiger partial charge in [-0.2, -0.15) is 0 Å². The number of nitrogens with zero attached hydrogens (tertiary/aromatic N) is 3. The molecule has 0 unspecified atom stereocenters. The third kappa shape index (κ3) is 9.05. The van der Waals surface area contributed by atoms with E-state index >= 15 is 0 Å². The van der Waals surface area contributed by atoms with Crippen LogP contribution in [0.4, 0.5) is 4.79 Å². The summed E-state index contributed by atoms with van der Waals surface area (Å²) >= 11 is 0. The van der Waals surface area contributed by atoms with Crippen LogP contribution in [-0.4, -0.2) is 59.3 Å². The summed E-state index contributed by atoms with van der Waals surface area (Å²) in [6.07, 6.45) is 3.32. The lowest BCUT2D eigenvalue weighted by Gasteiger charge is -2.40. The molecule has 164 valence electrons. The summed E-state index contributed by atoms with van der Waals surface area (Å²) in [6, 6.07) is 5.37. The molecule has 29 heavy (non-hydrogen) atoms. The smallest absolute Gasteiger partial charge is 0.410 e. The van der Waals surface area contributed by atoms with Crippen molar-refractivity contribution >= 4 is 36.0 Å². The van der Waals surface area contributed by atoms with Crippen molar-refractivity contribution < 1.29 is 9.53 Å². The van der Waals surface area contributed by atoms with E-state index in [4.69, 9.17) is 4.74 Å². The number of carbonyl (C=O) groups is 1. The van der Waals surface area contributed by atoms with E-state index < -0.39 is 5.60 Å². The van der Waals surface area contributed by atoms with Gasteiger partial charge in [0.25, 0.3) is 0 Å². The van der Waals surface area contributed by atoms with Gasteiger partial charge in [0.15, 0.2) is 5.96 Å². The summed E-state index contributed by atoms with van der Waals surface area (Å²) in [7, 11) is 0. The number of ether oxygens (including phenoxy) is 1. The molecule has 9 heteroatoms. The highest BCUT2D eigenvalue weighted by molar-refractivity contribution is 14.0. The third-order valence-electron chi connectivity index (χ3n) is 4.19. The van der Waals surface area contributed by atoms with Gasteiger partial charge in [-0.3, -0.25) is 9.79 Å². The number of nitrogens with one attached hydrogen (secondary N) is 2. The highest BCUT2D eigenvalue weighted by Crippen LogP contribution is 2.15. The second-order valence-corrected chi connectivity index (χ2v) is 7.93. The highest BCUT2D eigenvalue weighted by atomic mass is 127. The summed E-state index contributed by atoms with van der Waals surface area (Å²) in [5.41, 5.74) is -0.447. The van der Waals surface area contributed by atoms with Crippen LogP contribution in [0.25, 0.3) is 0 Å². The first-order valence-corrected chi connectivity index (χ1v) is 9.96. The Labute approximate surface area is 190 Å². The minimum atomic E-state index is -0.475. The van der Waals surface area contributed by atoms with Gasteiger partial charge in [-0.05, 0) is 46.6 Å². The number of hydrogen-bond donors (Lipinski definition) is 2. The number of hydrogen-bond acceptors (Lipinski definition) is 4. The summed E-state index contributed by atoms with van der Waals surface area (Å²) in [4.78, 5) is 29.9. The standard InChI is InChI=1S/C20H33N5O3.HI/c1-5-21-18(22-11-7-9-13-24-12-8-6-10-17(24)26)23-16-14-25(15-16)19(27)28-20(2,3)4;/h6,8,10,12,16H,5,7,9,11,13-15H2,1-4H3,(H2,21,22,23);1H. The molecule has 0 bridgehead atoms. The third-order valence-corrected chi connectivity index (χ3v) is 4.19. The Bertz CT molecular complexity index is 723. The van der Waals surface area contributed by atoms with Crippen LogP contribution >= 0.6 is 24.0 Å². The van der Waals surface area contributed by atoms with E-state index in [0.29, 0.717) is 26.2 Å². The van der Waals surface area contributed by atoms with Crippen molar-refractivity contribution in [3.05, 3.63) is 34.7 Å². The number of aromatic nitrogens is 1. The van der Waals surface area contributed by atoms with Crippen molar-refractivity contribution in [2.45, 2.75) is 58.7 Å². The fraction of sp³-hybridized carbons (Fsp3) is 0.650. The molecule has 0 aliphatic carbocycles. The first-order valence-electron chi connectivity index (χ1n) is 9.96. The van der Waals surface area contributed by atoms with Crippen molar-refractivity contribution in [3.8, 4) is 0 Å². The van der Waals surface area contributed by atoms with E-state index in [-0.39, 0.29) is 41.7 Å². The predicted octanol–water partition coefficient (Wildman–Crippen LogP) is 2.42. The van der Waals surface area contributed by atoms with Gasteiger partial charge in [0.05, 0.1) is 6.04 Å². The molecule has 1 aromatic rings. The second kappa shape index (κ2) is 12.0. The topological polar surface area (TPSA) is 88.0 Å². The van der Waals surface area contributed by atoms with Crippen molar-refractivity contribution in [3.63, 3.8) is 0 Å². The van der Waals surface area contributed by atoms with Crippen molar-refractivity contribution in [2.24, 2.45) is 4.99 Å². The Morgan fingerprint density at radius 2 is 2.00 bits per heavy atom. The minimum Gasteiger partial charge on any atom is -0.444 e. The molecule has 0 spiro atoms. The number of unbranched alkanes of at least 4 members (excludes halogenated alkanes) is 1. The summed E-state index contributed by atoms with van der Waals surface area (Å²) < 4.78 is 7.08. The fourth-order valence-electron chi connectivity index (χ4n) is 2.79. The Morgan fingerprint density at radius 3 is 2.62 bits per heavy atom. The van der Waals surface area contributed by atoms with Gasteiger partial charge in [-0.1, -0.05) is 6.07 Å². The molecule has 2 N–H and O–H groups in total. The number of rotatable bonds is 7. The molecule has 0 atom stereocenters. The van der Waals surface area contributed by atoms with Gasteiger partial charge in [-0.25, -0.2) is 4.79 Å². The van der Waals surface area contributed by atoms with Gasteiger partial charge >= 0.3 is 6.09 Å². The maximum atomic E-state index is 12.0. The first kappa shape index (κ1) is 25.3. The van der Waals surface area contributed by atoms with Gasteiger partial charge in [-0.15, -0.1) is 24.0 Å². The van der Waals surface area contributed by atoms with Crippen LogP contribution in [0.5, 0.6) is 0 Å². The van der Waals surface area contributed by atoms with Crippen LogP contribution < -0.4 is 16.2 Å². The molecule has 1 aromatic heterocycles. The van der Waals surface area contributed by atoms with E-state index in [2.05, 4.69) is 15.6 Å². The molecule has 2 rings (SSSR count). The number of pyridine rings is 1. The SMILES string of the molecule is CCNC(=NCCCCn1ccccc1=O)NC1CN(C(=O)OC(C)(C)C)C1.I. The molecule has 0 saturated carbocycles. The lowest BCUT2D eigenvalue weighted by molar-refractivity contribution is 0.00701. The van der Waals surface area contributed by atoms with Crippen LogP contribution in [0.1, 0.15) is 40.5 Å². The average molecular weight is 519 g/mol. The van der Waals surface area contributed by atoms with Crippen LogP contribution in [-0.2, 0) is 11.3 Å². The molecular formula is C20H34IN5O3. The van der Waals surface area contributed by atoms with Crippen LogP contribution in [0.2, 0.25) is 0 Å². The van der Waals surface area contributed by atoms with Crippen LogP contribution in [0.3, 0.4) is 0 Å². The number of carbonyl (C=O) groups excluding carboxylic acids is 1. The predicted molar refractivity (Wildman–Crippen MR) is 126 cm³/mol. The molecule has 1 amide bonds. The van der Waals surface area contributed by atoms with Gasteiger partial charge in [0, 0.05) is 45.0 Å². The first-order chi connectivity index (χ1) is 13.3. The summed E-state index contributed by atoms with van der Waals surface area (Å²) in [5, 5.41) is 6.58. The molecule has 8 nitrogen and oxygen atoms in total. The second-order valence-electron chi connectivity index (χ2n) is 7.93. The molecule has 1 aliphatic heterocycles. The zero-order valence-electron chi connectivity index (χ0n) is 17.8. The fourth-order valence-corrected chi connectivity index (χ4v) is 2.79. The highest BCUT2D eigenvalue weighted by Gasteiger charge is 2.34. The average Bonchev–Trinajstić information content (AvgIpc) is 2.57. The maximum absolute atomic E-state index is 12.0. The Hall–Kier alpha value is -1.78. The van der Waals surface area contributed by atoms with E-state index in [1.165, 1.54) is 0 Å². The zero-order valence-corrected chi connectivity index (χ0v) is 20.1. The molecule has 1 fully saturated rings. The lowest BCUT2D eigenvalue weighted by atomic mass is 10.1. The van der Waals surface area contributed by atoms with Gasteiger partial charge < -0.3 is 24.8 Å². The maximum Gasteiger partial charge on any atom is 0.410 e. The van der Waals surface area contributed by atoms with Crippen LogP contribution in [0, 0.1) is 0 Å². The van der Waals surface area contributed by atoms with E-state index in [1.807, 2.05) is 40.0 Å². The molecule has 1 saturated heterocycles. The number of guanidine groups is 1. The summed E-state index contributed by atoms with van der Waals surface area (Å²) in [6.45, 7) is 11.0. The number of aryl methyl sites for hydroxylation is 1. The monoisotopic (exact) mass is 519 g/mol. The van der Waals surface area contributed by atoms with Gasteiger partial charge in [0.2, 0.25) is 5.56 Å². The molecule has 2 heterocycles. The van der Waals surface area contributed by atoms with Crippen molar-refractivity contribution in [1.82, 2.24) is 20.1 Å². The molecular weight excluding hydrogens is 485 g/mol. The van der Waals surface area contributed by atoms with Crippen molar-refractivity contribution in [1.29, 1.82) is 0 Å². The number of halogens is 1. The quantitative estimate of drug-likeness (QED) is 0.250. The molecule has 0 aromatic carbocycles. The Kier molecular flexibility index (Phi) is 10.5. The van der Waals surface area contributed by atoms with E-state index in [9.17, 15) is 9.59 Å². The minimum absolute atomic E-state index is 0. The van der Waals surface area contributed by atoms with E-state index in [0.717, 1.165) is 25.3 Å². The Balaban J connectivity index is 0.00000420. The number of aliphatic imine (C=N–C) groups is 1. The van der Waals surface area contributed by atoms with Gasteiger partial charge in [0.1, 0.15) is 5.60 Å². The molecule has 0 radical (unpaired) electrons.